The molecule has 2 heterocycles. The lowest BCUT2D eigenvalue weighted by molar-refractivity contribution is -0.117. The molecule has 1 saturated carbocycles. The van der Waals surface area contributed by atoms with Crippen molar-refractivity contribution < 1.29 is 4.79 Å². The highest BCUT2D eigenvalue weighted by Gasteiger charge is 2.18. The summed E-state index contributed by atoms with van der Waals surface area (Å²) in [5, 5.41) is 6.26. The number of aromatic nitrogens is 1. The van der Waals surface area contributed by atoms with Crippen LogP contribution >= 0.6 is 12.4 Å². The molecule has 2 N–H and O–H groups in total. The molecule has 2 aliphatic rings. The van der Waals surface area contributed by atoms with Gasteiger partial charge in [-0.3, -0.25) is 4.79 Å². The lowest BCUT2D eigenvalue weighted by Gasteiger charge is -2.29. The van der Waals surface area contributed by atoms with Gasteiger partial charge >= 0.3 is 0 Å². The molecule has 0 spiro atoms. The number of hydrogen-bond acceptors (Lipinski definition) is 4. The van der Waals surface area contributed by atoms with E-state index >= 15 is 0 Å². The summed E-state index contributed by atoms with van der Waals surface area (Å²) in [6, 6.07) is 3.95. The molecule has 0 atom stereocenters. The molecule has 1 aromatic rings. The molecule has 1 aromatic heterocycles. The number of hydrogen-bond donors (Lipinski definition) is 2. The van der Waals surface area contributed by atoms with Gasteiger partial charge < -0.3 is 15.5 Å². The number of pyridine rings is 1. The Bertz CT molecular complexity index is 468. The van der Waals surface area contributed by atoms with Gasteiger partial charge in [-0.25, -0.2) is 4.98 Å². The summed E-state index contributed by atoms with van der Waals surface area (Å²) in [4.78, 5) is 18.7. The van der Waals surface area contributed by atoms with Crippen molar-refractivity contribution in [3.05, 3.63) is 18.3 Å². The number of nitrogens with one attached hydrogen (secondary N) is 2. The minimum absolute atomic E-state index is 0. The van der Waals surface area contributed by atoms with Crippen molar-refractivity contribution in [1.82, 2.24) is 10.3 Å². The number of anilines is 2. The second-order valence-corrected chi connectivity index (χ2v) is 6.04. The molecule has 0 radical (unpaired) electrons. The number of piperazine rings is 1. The van der Waals surface area contributed by atoms with E-state index in [1.165, 1.54) is 25.7 Å². The second kappa shape index (κ2) is 8.34. The molecular formula is C16H25ClN4O. The first-order valence-corrected chi connectivity index (χ1v) is 8.03. The van der Waals surface area contributed by atoms with E-state index in [4.69, 9.17) is 0 Å². The van der Waals surface area contributed by atoms with E-state index in [9.17, 15) is 4.79 Å². The molecule has 0 bridgehead atoms. The Kier molecular flexibility index (Phi) is 6.46. The van der Waals surface area contributed by atoms with E-state index in [2.05, 4.69) is 20.5 Å². The van der Waals surface area contributed by atoms with Crippen LogP contribution in [0.25, 0.3) is 0 Å². The fraction of sp³-hybridized carbons (Fsp3) is 0.625. The average Bonchev–Trinajstić information content (AvgIpc) is 3.02. The summed E-state index contributed by atoms with van der Waals surface area (Å²) < 4.78 is 0. The molecule has 1 amide bonds. The van der Waals surface area contributed by atoms with E-state index in [1.807, 2.05) is 18.3 Å². The first-order valence-electron chi connectivity index (χ1n) is 8.03. The second-order valence-electron chi connectivity index (χ2n) is 6.04. The molecule has 0 aromatic carbocycles. The van der Waals surface area contributed by atoms with Crippen LogP contribution in [0, 0.1) is 5.92 Å². The fourth-order valence-corrected chi connectivity index (χ4v) is 3.24. The summed E-state index contributed by atoms with van der Waals surface area (Å²) in [6.07, 6.45) is 7.44. The Morgan fingerprint density at radius 2 is 2.00 bits per heavy atom. The number of rotatable bonds is 4. The first kappa shape index (κ1) is 17.0. The van der Waals surface area contributed by atoms with Crippen molar-refractivity contribution >= 4 is 29.8 Å². The smallest absolute Gasteiger partial charge is 0.225 e. The Morgan fingerprint density at radius 3 is 2.64 bits per heavy atom. The van der Waals surface area contributed by atoms with Crippen molar-refractivity contribution in [2.24, 2.45) is 5.92 Å². The SMILES string of the molecule is Cl.O=C(CC1CCCC1)Nc1ccc(N2CCNCC2)cn1. The zero-order valence-electron chi connectivity index (χ0n) is 12.9. The predicted molar refractivity (Wildman–Crippen MR) is 91.8 cm³/mol. The predicted octanol–water partition coefficient (Wildman–Crippen LogP) is 2.43. The van der Waals surface area contributed by atoms with Gasteiger partial charge in [0.25, 0.3) is 0 Å². The van der Waals surface area contributed by atoms with Gasteiger partial charge in [0.05, 0.1) is 11.9 Å². The Hall–Kier alpha value is -1.33. The fourth-order valence-electron chi connectivity index (χ4n) is 3.24. The highest BCUT2D eigenvalue weighted by atomic mass is 35.5. The van der Waals surface area contributed by atoms with Crippen molar-refractivity contribution in [2.75, 3.05) is 36.4 Å². The maximum absolute atomic E-state index is 12.0. The van der Waals surface area contributed by atoms with Crippen molar-refractivity contribution in [3.8, 4) is 0 Å². The molecule has 1 aliphatic heterocycles. The maximum Gasteiger partial charge on any atom is 0.225 e. The van der Waals surface area contributed by atoms with Crippen LogP contribution in [-0.4, -0.2) is 37.1 Å². The van der Waals surface area contributed by atoms with Crippen LogP contribution in [0.4, 0.5) is 11.5 Å². The third-order valence-electron chi connectivity index (χ3n) is 4.45. The Labute approximate surface area is 138 Å². The molecule has 1 saturated heterocycles. The summed E-state index contributed by atoms with van der Waals surface area (Å²) in [5.74, 6) is 1.34. The normalized spacial score (nSPS) is 18.8. The van der Waals surface area contributed by atoms with Crippen LogP contribution in [0.5, 0.6) is 0 Å². The first-order chi connectivity index (χ1) is 10.3. The number of carbonyl (C=O) groups excluding carboxylic acids is 1. The summed E-state index contributed by atoms with van der Waals surface area (Å²) in [7, 11) is 0. The van der Waals surface area contributed by atoms with E-state index < -0.39 is 0 Å². The molecule has 1 aliphatic carbocycles. The quantitative estimate of drug-likeness (QED) is 0.893. The molecule has 6 heteroatoms. The zero-order valence-corrected chi connectivity index (χ0v) is 13.7. The summed E-state index contributed by atoms with van der Waals surface area (Å²) in [6.45, 7) is 4.05. The van der Waals surface area contributed by atoms with Crippen LogP contribution in [0.3, 0.4) is 0 Å². The van der Waals surface area contributed by atoms with Crippen LogP contribution in [0.15, 0.2) is 18.3 Å². The van der Waals surface area contributed by atoms with Gasteiger partial charge in [-0.1, -0.05) is 12.8 Å². The molecule has 3 rings (SSSR count). The van der Waals surface area contributed by atoms with E-state index in [-0.39, 0.29) is 18.3 Å². The highest BCUT2D eigenvalue weighted by molar-refractivity contribution is 5.90. The summed E-state index contributed by atoms with van der Waals surface area (Å²) >= 11 is 0. The van der Waals surface area contributed by atoms with Gasteiger partial charge in [0.15, 0.2) is 0 Å². The Balaban J connectivity index is 0.00000176. The highest BCUT2D eigenvalue weighted by Crippen LogP contribution is 2.27. The number of nitrogens with zero attached hydrogens (tertiary/aromatic N) is 2. The third kappa shape index (κ3) is 4.58. The molecular weight excluding hydrogens is 300 g/mol. The average molecular weight is 325 g/mol. The molecule has 22 heavy (non-hydrogen) atoms. The van der Waals surface area contributed by atoms with E-state index in [1.54, 1.807) is 0 Å². The van der Waals surface area contributed by atoms with Gasteiger partial charge in [-0.15, -0.1) is 12.4 Å². The maximum atomic E-state index is 12.0. The lowest BCUT2D eigenvalue weighted by Crippen LogP contribution is -2.43. The van der Waals surface area contributed by atoms with Crippen LogP contribution in [0.1, 0.15) is 32.1 Å². The lowest BCUT2D eigenvalue weighted by atomic mass is 10.0. The number of halogens is 1. The van der Waals surface area contributed by atoms with Crippen molar-refractivity contribution in [3.63, 3.8) is 0 Å². The largest absolute Gasteiger partial charge is 0.368 e. The van der Waals surface area contributed by atoms with Crippen LogP contribution < -0.4 is 15.5 Å². The van der Waals surface area contributed by atoms with E-state index in [0.717, 1.165) is 31.9 Å². The minimum Gasteiger partial charge on any atom is -0.368 e. The van der Waals surface area contributed by atoms with Crippen LogP contribution in [0.2, 0.25) is 0 Å². The minimum atomic E-state index is 0. The van der Waals surface area contributed by atoms with Gasteiger partial charge in [0.1, 0.15) is 5.82 Å². The monoisotopic (exact) mass is 324 g/mol. The topological polar surface area (TPSA) is 57.3 Å². The van der Waals surface area contributed by atoms with Gasteiger partial charge in [0.2, 0.25) is 5.91 Å². The number of carbonyl (C=O) groups is 1. The van der Waals surface area contributed by atoms with Gasteiger partial charge in [-0.2, -0.15) is 0 Å². The molecule has 122 valence electrons. The third-order valence-corrected chi connectivity index (χ3v) is 4.45. The molecule has 0 unspecified atom stereocenters. The van der Waals surface area contributed by atoms with Gasteiger partial charge in [-0.05, 0) is 30.9 Å². The zero-order chi connectivity index (χ0) is 14.5. The Morgan fingerprint density at radius 1 is 1.27 bits per heavy atom. The van der Waals surface area contributed by atoms with Crippen LogP contribution in [-0.2, 0) is 4.79 Å². The van der Waals surface area contributed by atoms with Crippen molar-refractivity contribution in [1.29, 1.82) is 0 Å². The summed E-state index contributed by atoms with van der Waals surface area (Å²) in [5.41, 5.74) is 1.13. The van der Waals surface area contributed by atoms with Crippen molar-refractivity contribution in [2.45, 2.75) is 32.1 Å². The molecule has 2 fully saturated rings. The molecule has 5 nitrogen and oxygen atoms in total. The van der Waals surface area contributed by atoms with Gasteiger partial charge in [0, 0.05) is 32.6 Å². The van der Waals surface area contributed by atoms with E-state index in [0.29, 0.717) is 18.2 Å². The standard InChI is InChI=1S/C16H24N4O.ClH/c21-16(11-13-3-1-2-4-13)19-15-6-5-14(12-18-15)20-9-7-17-8-10-20;/h5-6,12-13,17H,1-4,7-11H2,(H,18,19,21);1H. The number of amides is 1.